The van der Waals surface area contributed by atoms with Crippen molar-refractivity contribution < 1.29 is 102 Å². The van der Waals surface area contributed by atoms with Gasteiger partial charge in [0, 0.05) is 27.9 Å². The first-order valence-electron chi connectivity index (χ1n) is 19.0. The molecule has 0 fully saturated rings. The van der Waals surface area contributed by atoms with Crippen LogP contribution in [0.1, 0.15) is 34.6 Å². The second kappa shape index (κ2) is 31.2. The highest BCUT2D eigenvalue weighted by molar-refractivity contribution is 5.88. The van der Waals surface area contributed by atoms with Crippen molar-refractivity contribution in [1.82, 2.24) is 0 Å². The largest absolute Gasteiger partial charge is 0.460 e. The molecule has 0 heterocycles. The number of hydrogen-bond acceptors (Lipinski definition) is 21. The standard InChI is InChI=1S/C41H62O21/c1-23(2)37(48)58-17-28(43)12-53-22-34(55-14-30(45)19-60-39(50)25(5)6)36(57-16-32(47)21-62-41(52)27(9)10)35(56-15-31(46)20-61-40(51)26(7)8)33(11-42)54-13-29(44)18-59-38(49)24(3)4/h11,28-36,43-47H,1,3,5,7,9,12-22H2,2,4,6,8,10H3/t28?,29?,30?,31?,32?,33-,34+,35+,36-/m0/s1. The van der Waals surface area contributed by atoms with Crippen molar-refractivity contribution in [1.29, 1.82) is 0 Å². The molecule has 0 spiro atoms. The molecule has 0 aromatic carbocycles. The van der Waals surface area contributed by atoms with E-state index >= 15 is 0 Å². The number of aliphatic hydroxyl groups is 5. The highest BCUT2D eigenvalue weighted by Crippen LogP contribution is 2.21. The maximum Gasteiger partial charge on any atom is 0.333 e. The monoisotopic (exact) mass is 890 g/mol. The number of carbonyl (C=O) groups is 6. The second-order valence-electron chi connectivity index (χ2n) is 14.1. The average molecular weight is 891 g/mol. The van der Waals surface area contributed by atoms with Gasteiger partial charge >= 0.3 is 29.8 Å². The van der Waals surface area contributed by atoms with Gasteiger partial charge in [0.15, 0.2) is 6.29 Å². The third kappa shape index (κ3) is 25.3. The molecule has 0 aromatic heterocycles. The molecule has 21 nitrogen and oxygen atoms in total. The summed E-state index contributed by atoms with van der Waals surface area (Å²) >= 11 is 0. The van der Waals surface area contributed by atoms with Crippen LogP contribution in [0.3, 0.4) is 0 Å². The second-order valence-corrected chi connectivity index (χ2v) is 14.1. The molecule has 0 rings (SSSR count). The summed E-state index contributed by atoms with van der Waals surface area (Å²) in [5, 5.41) is 53.2. The first-order valence-corrected chi connectivity index (χ1v) is 19.0. The molecule has 0 radical (unpaired) electrons. The van der Waals surface area contributed by atoms with Crippen LogP contribution in [0, 0.1) is 0 Å². The number of aliphatic hydroxyl groups excluding tert-OH is 5. The molecule has 62 heavy (non-hydrogen) atoms. The van der Waals surface area contributed by atoms with Gasteiger partial charge in [-0.05, 0) is 34.6 Å². The molecule has 9 atom stereocenters. The van der Waals surface area contributed by atoms with Crippen LogP contribution in [-0.4, -0.2) is 189 Å². The summed E-state index contributed by atoms with van der Waals surface area (Å²) in [6.07, 6.45) is -14.1. The highest BCUT2D eigenvalue weighted by Gasteiger charge is 2.40. The Bertz CT molecular complexity index is 1520. The molecule has 0 saturated heterocycles. The van der Waals surface area contributed by atoms with Gasteiger partial charge in [-0.25, -0.2) is 24.0 Å². The quantitative estimate of drug-likeness (QED) is 0.0224. The van der Waals surface area contributed by atoms with E-state index in [0.717, 1.165) is 0 Å². The Morgan fingerprint density at radius 1 is 0.403 bits per heavy atom. The molecule has 0 aliphatic carbocycles. The third-order valence-electron chi connectivity index (χ3n) is 7.46. The molecular weight excluding hydrogens is 828 g/mol. The zero-order chi connectivity index (χ0) is 47.5. The van der Waals surface area contributed by atoms with E-state index in [-0.39, 0.29) is 34.2 Å². The van der Waals surface area contributed by atoms with E-state index in [1.165, 1.54) is 34.6 Å². The van der Waals surface area contributed by atoms with Crippen LogP contribution in [0.4, 0.5) is 0 Å². The van der Waals surface area contributed by atoms with E-state index in [1.807, 2.05) is 0 Å². The van der Waals surface area contributed by atoms with E-state index in [1.54, 1.807) is 0 Å². The Morgan fingerprint density at radius 3 is 0.984 bits per heavy atom. The molecule has 0 aliphatic rings. The number of aldehydes is 1. The summed E-state index contributed by atoms with van der Waals surface area (Å²) in [4.78, 5) is 72.5. The van der Waals surface area contributed by atoms with Crippen molar-refractivity contribution in [3.63, 3.8) is 0 Å². The fourth-order valence-electron chi connectivity index (χ4n) is 4.18. The maximum absolute atomic E-state index is 12.8. The first kappa shape index (κ1) is 57.3. The predicted octanol–water partition coefficient (Wildman–Crippen LogP) is -0.856. The van der Waals surface area contributed by atoms with E-state index in [2.05, 4.69) is 32.9 Å². The summed E-state index contributed by atoms with van der Waals surface area (Å²) in [7, 11) is 0. The number of rotatable bonds is 35. The third-order valence-corrected chi connectivity index (χ3v) is 7.46. The number of carbonyl (C=O) groups excluding carboxylic acids is 6. The van der Waals surface area contributed by atoms with Crippen LogP contribution in [0.15, 0.2) is 60.8 Å². The number of ether oxygens (including phenoxy) is 10. The van der Waals surface area contributed by atoms with Crippen LogP contribution in [0.25, 0.3) is 0 Å². The minimum atomic E-state index is -1.77. The summed E-state index contributed by atoms with van der Waals surface area (Å²) in [5.74, 6) is -4.11. The van der Waals surface area contributed by atoms with Crippen molar-refractivity contribution in [3.05, 3.63) is 60.8 Å². The number of esters is 5. The Balaban J connectivity index is 7.01. The van der Waals surface area contributed by atoms with Crippen LogP contribution < -0.4 is 0 Å². The van der Waals surface area contributed by atoms with Gasteiger partial charge in [-0.15, -0.1) is 0 Å². The van der Waals surface area contributed by atoms with Gasteiger partial charge in [0.25, 0.3) is 0 Å². The summed E-state index contributed by atoms with van der Waals surface area (Å²) in [6.45, 7) is 17.4. The molecule has 0 aromatic rings. The van der Waals surface area contributed by atoms with Crippen molar-refractivity contribution >= 4 is 36.1 Å². The molecule has 0 aliphatic heterocycles. The zero-order valence-electron chi connectivity index (χ0n) is 35.9. The van der Waals surface area contributed by atoms with Crippen LogP contribution in [0.2, 0.25) is 0 Å². The molecular formula is C41H62O21. The molecule has 5 N–H and O–H groups in total. The van der Waals surface area contributed by atoms with Gasteiger partial charge in [0.1, 0.15) is 88.0 Å². The van der Waals surface area contributed by atoms with Gasteiger partial charge in [0.2, 0.25) is 0 Å². The fraction of sp³-hybridized carbons (Fsp3) is 0.610. The highest BCUT2D eigenvalue weighted by atomic mass is 16.6. The van der Waals surface area contributed by atoms with Crippen LogP contribution >= 0.6 is 0 Å². The summed E-state index contributed by atoms with van der Waals surface area (Å²) < 4.78 is 54.1. The Morgan fingerprint density at radius 2 is 0.677 bits per heavy atom. The van der Waals surface area contributed by atoms with Gasteiger partial charge in [-0.2, -0.15) is 0 Å². The van der Waals surface area contributed by atoms with E-state index in [9.17, 15) is 54.3 Å². The molecule has 0 amide bonds. The van der Waals surface area contributed by atoms with Gasteiger partial charge in [-0.1, -0.05) is 32.9 Å². The Kier molecular flexibility index (Phi) is 28.8. The SMILES string of the molecule is C=C(C)C(=O)OCC(O)COC[C@@H](OCC(O)COC(=O)C(=C)C)[C@H](OCC(O)COC(=O)C(=C)C)[C@H](OCC(O)COC(=O)C(=C)C)[C@H](C=O)OCC(O)COC(=O)C(=C)C. The summed E-state index contributed by atoms with van der Waals surface area (Å²) in [5.41, 5.74) is 0.180. The lowest BCUT2D eigenvalue weighted by atomic mass is 10.0. The first-order chi connectivity index (χ1) is 29.0. The minimum Gasteiger partial charge on any atom is -0.460 e. The lowest BCUT2D eigenvalue weighted by molar-refractivity contribution is -0.209. The Labute approximate surface area is 360 Å². The smallest absolute Gasteiger partial charge is 0.333 e. The summed E-state index contributed by atoms with van der Waals surface area (Å²) in [6, 6.07) is 0. The van der Waals surface area contributed by atoms with Crippen LogP contribution in [0.5, 0.6) is 0 Å². The molecule has 352 valence electrons. The predicted molar refractivity (Wildman–Crippen MR) is 215 cm³/mol. The van der Waals surface area contributed by atoms with E-state index < -0.39 is 157 Å². The van der Waals surface area contributed by atoms with Gasteiger partial charge in [0.05, 0.1) is 39.6 Å². The maximum atomic E-state index is 12.8. The van der Waals surface area contributed by atoms with E-state index in [0.29, 0.717) is 0 Å². The molecule has 0 bridgehead atoms. The van der Waals surface area contributed by atoms with Crippen molar-refractivity contribution in [2.24, 2.45) is 0 Å². The lowest BCUT2D eigenvalue weighted by Crippen LogP contribution is -2.54. The Hall–Kier alpha value is -4.68. The topological polar surface area (TPSA) is 296 Å². The van der Waals surface area contributed by atoms with Crippen molar-refractivity contribution in [2.75, 3.05) is 72.7 Å². The molecule has 5 unspecified atom stereocenters. The number of hydrogen-bond donors (Lipinski definition) is 5. The minimum absolute atomic E-state index is 0.0224. The van der Waals surface area contributed by atoms with E-state index in [4.69, 9.17) is 47.4 Å². The average Bonchev–Trinajstić information content (AvgIpc) is 3.21. The van der Waals surface area contributed by atoms with Gasteiger partial charge in [-0.3, -0.25) is 0 Å². The van der Waals surface area contributed by atoms with Gasteiger partial charge < -0.3 is 77.7 Å². The zero-order valence-corrected chi connectivity index (χ0v) is 35.9. The van der Waals surface area contributed by atoms with Crippen molar-refractivity contribution in [2.45, 2.75) is 89.6 Å². The normalized spacial score (nSPS) is 15.5. The molecule has 21 heteroatoms. The lowest BCUT2D eigenvalue weighted by Gasteiger charge is -2.37. The van der Waals surface area contributed by atoms with Crippen molar-refractivity contribution in [3.8, 4) is 0 Å². The fourth-order valence-corrected chi connectivity index (χ4v) is 4.18. The van der Waals surface area contributed by atoms with Crippen LogP contribution in [-0.2, 0) is 76.1 Å². The molecule has 0 saturated carbocycles.